The van der Waals surface area contributed by atoms with Gasteiger partial charge in [-0.1, -0.05) is 24.3 Å². The molecule has 1 amide bonds. The quantitative estimate of drug-likeness (QED) is 0.788. The van der Waals surface area contributed by atoms with Crippen molar-refractivity contribution in [2.24, 2.45) is 0 Å². The van der Waals surface area contributed by atoms with E-state index in [-0.39, 0.29) is 12.3 Å². The fraction of sp³-hybridized carbons (Fsp3) is 0.421. The molecule has 3 rings (SSSR count). The first-order chi connectivity index (χ1) is 13.2. The van der Waals surface area contributed by atoms with Crippen LogP contribution in [0.5, 0.6) is 0 Å². The zero-order valence-corrected chi connectivity index (χ0v) is 14.9. The molecule has 0 spiro atoms. The largest absolute Gasteiger partial charge is 0.480 e. The smallest absolute Gasteiger partial charge is 0.435 e. The molecule has 1 aliphatic carbocycles. The molecule has 0 bridgehead atoms. The summed E-state index contributed by atoms with van der Waals surface area (Å²) in [4.78, 5) is 23.8. The maximum absolute atomic E-state index is 12.6. The van der Waals surface area contributed by atoms with Gasteiger partial charge in [-0.15, -0.1) is 0 Å². The molecule has 1 aliphatic rings. The number of carboxylic acid groups (broad SMARTS) is 1. The molecule has 2 N–H and O–H groups in total. The molecule has 1 aromatic carbocycles. The molecule has 0 aliphatic heterocycles. The van der Waals surface area contributed by atoms with Gasteiger partial charge in [-0.2, -0.15) is 18.3 Å². The highest BCUT2D eigenvalue weighted by Crippen LogP contribution is 2.34. The molecule has 6 nitrogen and oxygen atoms in total. The summed E-state index contributed by atoms with van der Waals surface area (Å²) in [5.41, 5.74) is 1.18. The molecule has 28 heavy (non-hydrogen) atoms. The molecular weight excluding hydrogens is 375 g/mol. The van der Waals surface area contributed by atoms with Gasteiger partial charge >= 0.3 is 12.1 Å². The summed E-state index contributed by atoms with van der Waals surface area (Å²) in [5.74, 6) is -1.87. The molecule has 2 unspecified atom stereocenters. The zero-order chi connectivity index (χ0) is 20.3. The number of alkyl halides is 3. The van der Waals surface area contributed by atoms with Crippen LogP contribution in [0.3, 0.4) is 0 Å². The summed E-state index contributed by atoms with van der Waals surface area (Å²) in [7, 11) is 0. The highest BCUT2D eigenvalue weighted by molar-refractivity contribution is 5.83. The number of rotatable bonds is 6. The Hall–Kier alpha value is -2.84. The van der Waals surface area contributed by atoms with Crippen LogP contribution in [0.1, 0.15) is 42.0 Å². The van der Waals surface area contributed by atoms with Gasteiger partial charge in [0.15, 0.2) is 5.69 Å². The molecule has 2 aromatic rings. The fourth-order valence-corrected chi connectivity index (χ4v) is 3.59. The molecule has 150 valence electrons. The molecule has 1 aromatic heterocycles. The highest BCUT2D eigenvalue weighted by atomic mass is 19.4. The number of aliphatic carboxylic acids is 1. The molecule has 0 saturated heterocycles. The van der Waals surface area contributed by atoms with Gasteiger partial charge in [-0.3, -0.25) is 9.48 Å². The predicted octanol–water partition coefficient (Wildman–Crippen LogP) is 2.98. The lowest BCUT2D eigenvalue weighted by Gasteiger charge is -2.28. The van der Waals surface area contributed by atoms with E-state index in [1.165, 1.54) is 5.56 Å². The highest BCUT2D eigenvalue weighted by Gasteiger charge is 2.34. The van der Waals surface area contributed by atoms with Gasteiger partial charge in [-0.05, 0) is 48.8 Å². The first kappa shape index (κ1) is 19.9. The number of halogens is 3. The Bertz CT molecular complexity index is 863. The van der Waals surface area contributed by atoms with E-state index in [2.05, 4.69) is 10.4 Å². The van der Waals surface area contributed by atoms with Crippen molar-refractivity contribution < 1.29 is 27.9 Å². The van der Waals surface area contributed by atoms with Gasteiger partial charge in [0.1, 0.15) is 12.6 Å². The summed E-state index contributed by atoms with van der Waals surface area (Å²) < 4.78 is 38.6. The summed E-state index contributed by atoms with van der Waals surface area (Å²) in [6.07, 6.45) is -0.627. The van der Waals surface area contributed by atoms with Crippen LogP contribution in [0, 0.1) is 0 Å². The Morgan fingerprint density at radius 3 is 2.71 bits per heavy atom. The number of fused-ring (bicyclic) bond motifs is 1. The molecular formula is C19H20F3N3O3. The number of aromatic nitrogens is 2. The lowest BCUT2D eigenvalue weighted by molar-refractivity contribution is -0.142. The number of carbonyl (C=O) groups is 2. The molecule has 9 heteroatoms. The maximum atomic E-state index is 12.6. The van der Waals surface area contributed by atoms with Gasteiger partial charge < -0.3 is 10.4 Å². The van der Waals surface area contributed by atoms with Gasteiger partial charge in [0.05, 0.1) is 0 Å². The van der Waals surface area contributed by atoms with E-state index in [9.17, 15) is 27.9 Å². The van der Waals surface area contributed by atoms with E-state index in [4.69, 9.17) is 0 Å². The van der Waals surface area contributed by atoms with Crippen LogP contribution < -0.4 is 5.32 Å². The van der Waals surface area contributed by atoms with Gasteiger partial charge in [0, 0.05) is 6.20 Å². The van der Waals surface area contributed by atoms with Crippen molar-refractivity contribution >= 4 is 11.9 Å². The maximum Gasteiger partial charge on any atom is 0.435 e. The van der Waals surface area contributed by atoms with Crippen LogP contribution in [0.25, 0.3) is 0 Å². The lowest BCUT2D eigenvalue weighted by atomic mass is 9.79. The Kier molecular flexibility index (Phi) is 5.71. The van der Waals surface area contributed by atoms with Crippen molar-refractivity contribution in [1.82, 2.24) is 15.1 Å². The number of hydrogen-bond acceptors (Lipinski definition) is 3. The van der Waals surface area contributed by atoms with Gasteiger partial charge in [-0.25, -0.2) is 4.79 Å². The number of carboxylic acids is 1. The van der Waals surface area contributed by atoms with Crippen LogP contribution in [0.2, 0.25) is 0 Å². The number of hydrogen-bond donors (Lipinski definition) is 2. The van der Waals surface area contributed by atoms with Crippen molar-refractivity contribution in [1.29, 1.82) is 0 Å². The molecule has 2 atom stereocenters. The monoisotopic (exact) mass is 395 g/mol. The second-order valence-electron chi connectivity index (χ2n) is 6.88. The van der Waals surface area contributed by atoms with Crippen LogP contribution >= 0.6 is 0 Å². The van der Waals surface area contributed by atoms with Crippen molar-refractivity contribution in [2.45, 2.75) is 50.4 Å². The van der Waals surface area contributed by atoms with E-state index < -0.39 is 36.3 Å². The van der Waals surface area contributed by atoms with Crippen molar-refractivity contribution in [3.05, 3.63) is 53.3 Å². The Balaban J connectivity index is 1.64. The van der Waals surface area contributed by atoms with Crippen LogP contribution in [0.15, 0.2) is 36.5 Å². The first-order valence-corrected chi connectivity index (χ1v) is 8.94. The minimum absolute atomic E-state index is 0.00730. The van der Waals surface area contributed by atoms with E-state index in [0.29, 0.717) is 0 Å². The third-order valence-electron chi connectivity index (χ3n) is 4.88. The van der Waals surface area contributed by atoms with E-state index in [0.717, 1.165) is 41.8 Å². The zero-order valence-electron chi connectivity index (χ0n) is 14.9. The minimum Gasteiger partial charge on any atom is -0.480 e. The van der Waals surface area contributed by atoms with Crippen molar-refractivity contribution in [3.63, 3.8) is 0 Å². The Morgan fingerprint density at radius 1 is 1.29 bits per heavy atom. The fourth-order valence-electron chi connectivity index (χ4n) is 3.59. The number of nitrogens with zero attached hydrogens (tertiary/aromatic N) is 2. The molecule has 0 radical (unpaired) electrons. The second kappa shape index (κ2) is 8.04. The predicted molar refractivity (Wildman–Crippen MR) is 93.5 cm³/mol. The average molecular weight is 395 g/mol. The number of carbonyl (C=O) groups excluding carboxylic acids is 1. The van der Waals surface area contributed by atoms with E-state index in [1.807, 2.05) is 24.3 Å². The standard InChI is InChI=1S/C19H20F3N3O3/c20-19(21,22)16-8-9-25(24-16)11-17(26)23-15(18(27)28)10-13-6-3-5-12-4-1-2-7-14(12)13/h1-2,4,7-9,13,15H,3,5-6,10-11H2,(H,23,26)(H,27,28). The second-order valence-corrected chi connectivity index (χ2v) is 6.88. The average Bonchev–Trinajstić information content (AvgIpc) is 3.10. The van der Waals surface area contributed by atoms with Crippen LogP contribution in [-0.2, 0) is 28.7 Å². The summed E-state index contributed by atoms with van der Waals surface area (Å²) in [6.45, 7) is -0.485. The molecule has 0 fully saturated rings. The normalized spacial score (nSPS) is 17.6. The SMILES string of the molecule is O=C(Cn1ccc(C(F)(F)F)n1)NC(CC1CCCc2ccccc21)C(=O)O. The number of aryl methyl sites for hydroxylation is 1. The van der Waals surface area contributed by atoms with Crippen molar-refractivity contribution in [3.8, 4) is 0 Å². The van der Waals surface area contributed by atoms with E-state index in [1.54, 1.807) is 0 Å². The van der Waals surface area contributed by atoms with Crippen LogP contribution in [-0.4, -0.2) is 32.8 Å². The van der Waals surface area contributed by atoms with E-state index >= 15 is 0 Å². The summed E-state index contributed by atoms with van der Waals surface area (Å²) in [5, 5.41) is 15.2. The van der Waals surface area contributed by atoms with Crippen molar-refractivity contribution in [2.75, 3.05) is 0 Å². The van der Waals surface area contributed by atoms with Gasteiger partial charge in [0.25, 0.3) is 0 Å². The minimum atomic E-state index is -4.60. The Labute approximate surface area is 159 Å². The number of amides is 1. The lowest BCUT2D eigenvalue weighted by Crippen LogP contribution is -2.43. The topological polar surface area (TPSA) is 84.2 Å². The number of benzene rings is 1. The van der Waals surface area contributed by atoms with Crippen LogP contribution in [0.4, 0.5) is 13.2 Å². The summed E-state index contributed by atoms with van der Waals surface area (Å²) in [6, 6.07) is 7.48. The first-order valence-electron chi connectivity index (χ1n) is 8.94. The molecule has 0 saturated carbocycles. The number of nitrogens with one attached hydrogen (secondary N) is 1. The molecule has 1 heterocycles. The third kappa shape index (κ3) is 4.71. The Morgan fingerprint density at radius 2 is 2.04 bits per heavy atom. The summed E-state index contributed by atoms with van der Waals surface area (Å²) >= 11 is 0. The third-order valence-corrected chi connectivity index (χ3v) is 4.88. The van der Waals surface area contributed by atoms with Gasteiger partial charge in [0.2, 0.25) is 5.91 Å².